The molecule has 0 aromatic heterocycles. The Hall–Kier alpha value is -2.00. The molecule has 0 aliphatic heterocycles. The summed E-state index contributed by atoms with van der Waals surface area (Å²) >= 11 is 6.14. The van der Waals surface area contributed by atoms with Crippen LogP contribution < -0.4 is 11.1 Å². The smallest absolute Gasteiger partial charge is 0.249 e. The van der Waals surface area contributed by atoms with Gasteiger partial charge in [-0.2, -0.15) is 0 Å². The first-order chi connectivity index (χ1) is 9.08. The third kappa shape index (κ3) is 3.26. The lowest BCUT2D eigenvalue weighted by Crippen LogP contribution is -2.15. The highest BCUT2D eigenvalue weighted by Gasteiger charge is 2.07. The van der Waals surface area contributed by atoms with Gasteiger partial charge < -0.3 is 11.1 Å². The Morgan fingerprint density at radius 3 is 2.68 bits per heavy atom. The second-order valence-electron chi connectivity index (χ2n) is 4.36. The molecule has 0 unspecified atom stereocenters. The molecule has 3 nitrogen and oxygen atoms in total. The van der Waals surface area contributed by atoms with Crippen molar-refractivity contribution in [2.45, 2.75) is 13.5 Å². The minimum Gasteiger partial charge on any atom is -0.380 e. The number of halogens is 1. The number of primary amides is 1. The Labute approximate surface area is 117 Å². The average molecular weight is 275 g/mol. The molecule has 2 aromatic rings. The molecule has 1 amide bonds. The Morgan fingerprint density at radius 2 is 2.00 bits per heavy atom. The second kappa shape index (κ2) is 5.76. The number of amides is 1. The SMILES string of the molecule is Cc1ccc(NCc2ccccc2C(N)=O)c(Cl)c1. The van der Waals surface area contributed by atoms with Gasteiger partial charge in [0.25, 0.3) is 0 Å². The van der Waals surface area contributed by atoms with Crippen molar-refractivity contribution in [3.05, 3.63) is 64.2 Å². The Balaban J connectivity index is 2.17. The fourth-order valence-corrected chi connectivity index (χ4v) is 2.17. The molecule has 2 rings (SSSR count). The number of carbonyl (C=O) groups excluding carboxylic acids is 1. The van der Waals surface area contributed by atoms with Crippen LogP contribution in [-0.2, 0) is 6.54 Å². The predicted octanol–water partition coefficient (Wildman–Crippen LogP) is 3.36. The third-order valence-corrected chi connectivity index (χ3v) is 3.19. The van der Waals surface area contributed by atoms with Gasteiger partial charge in [0.2, 0.25) is 5.91 Å². The molecule has 0 bridgehead atoms. The first kappa shape index (κ1) is 13.4. The van der Waals surface area contributed by atoms with Crippen molar-refractivity contribution in [1.82, 2.24) is 0 Å². The lowest BCUT2D eigenvalue weighted by molar-refractivity contribution is 0.0999. The summed E-state index contributed by atoms with van der Waals surface area (Å²) < 4.78 is 0. The number of nitrogens with two attached hydrogens (primary N) is 1. The van der Waals surface area contributed by atoms with Crippen LogP contribution in [-0.4, -0.2) is 5.91 Å². The Morgan fingerprint density at radius 1 is 1.26 bits per heavy atom. The van der Waals surface area contributed by atoms with Crippen molar-refractivity contribution in [3.63, 3.8) is 0 Å². The van der Waals surface area contributed by atoms with Gasteiger partial charge in [-0.05, 0) is 36.2 Å². The van der Waals surface area contributed by atoms with E-state index in [9.17, 15) is 4.79 Å². The van der Waals surface area contributed by atoms with Crippen molar-refractivity contribution < 1.29 is 4.79 Å². The predicted molar refractivity (Wildman–Crippen MR) is 78.5 cm³/mol. The maximum atomic E-state index is 11.3. The summed E-state index contributed by atoms with van der Waals surface area (Å²) in [6.45, 7) is 2.49. The molecule has 0 heterocycles. The zero-order valence-electron chi connectivity index (χ0n) is 10.6. The first-order valence-electron chi connectivity index (χ1n) is 5.95. The van der Waals surface area contributed by atoms with Crippen molar-refractivity contribution in [3.8, 4) is 0 Å². The van der Waals surface area contributed by atoms with E-state index >= 15 is 0 Å². The van der Waals surface area contributed by atoms with Gasteiger partial charge in [0.15, 0.2) is 0 Å². The first-order valence-corrected chi connectivity index (χ1v) is 6.33. The summed E-state index contributed by atoms with van der Waals surface area (Å²) in [4.78, 5) is 11.3. The number of hydrogen-bond acceptors (Lipinski definition) is 2. The quantitative estimate of drug-likeness (QED) is 0.898. The summed E-state index contributed by atoms with van der Waals surface area (Å²) in [5.41, 5.74) is 8.66. The summed E-state index contributed by atoms with van der Waals surface area (Å²) in [6.07, 6.45) is 0. The minimum atomic E-state index is -0.424. The van der Waals surface area contributed by atoms with Crippen LogP contribution in [0, 0.1) is 6.92 Å². The number of anilines is 1. The van der Waals surface area contributed by atoms with Crippen LogP contribution in [0.3, 0.4) is 0 Å². The van der Waals surface area contributed by atoms with Crippen LogP contribution in [0.25, 0.3) is 0 Å². The van der Waals surface area contributed by atoms with E-state index in [1.807, 2.05) is 37.3 Å². The highest BCUT2D eigenvalue weighted by Crippen LogP contribution is 2.23. The molecule has 0 spiro atoms. The van der Waals surface area contributed by atoms with Gasteiger partial charge in [0, 0.05) is 12.1 Å². The summed E-state index contributed by atoms with van der Waals surface area (Å²) in [6, 6.07) is 13.1. The lowest BCUT2D eigenvalue weighted by atomic mass is 10.1. The molecule has 0 aliphatic rings. The van der Waals surface area contributed by atoms with Crippen LogP contribution in [0.15, 0.2) is 42.5 Å². The minimum absolute atomic E-state index is 0.424. The van der Waals surface area contributed by atoms with Crippen LogP contribution in [0.5, 0.6) is 0 Å². The van der Waals surface area contributed by atoms with E-state index < -0.39 is 5.91 Å². The molecule has 19 heavy (non-hydrogen) atoms. The fraction of sp³-hybridized carbons (Fsp3) is 0.133. The fourth-order valence-electron chi connectivity index (χ4n) is 1.87. The van der Waals surface area contributed by atoms with Crippen molar-refractivity contribution in [1.29, 1.82) is 0 Å². The largest absolute Gasteiger partial charge is 0.380 e. The van der Waals surface area contributed by atoms with Gasteiger partial charge >= 0.3 is 0 Å². The normalized spacial score (nSPS) is 10.2. The maximum absolute atomic E-state index is 11.3. The zero-order chi connectivity index (χ0) is 13.8. The van der Waals surface area contributed by atoms with Crippen molar-refractivity contribution in [2.75, 3.05) is 5.32 Å². The molecule has 98 valence electrons. The molecule has 4 heteroatoms. The molecule has 3 N–H and O–H groups in total. The molecule has 0 atom stereocenters. The van der Waals surface area contributed by atoms with E-state index in [1.54, 1.807) is 12.1 Å². The molecular weight excluding hydrogens is 260 g/mol. The standard InChI is InChI=1S/C15H15ClN2O/c1-10-6-7-14(13(16)8-10)18-9-11-4-2-3-5-12(11)15(17)19/h2-8,18H,9H2,1H3,(H2,17,19). The van der Waals surface area contributed by atoms with Gasteiger partial charge in [-0.25, -0.2) is 0 Å². The number of rotatable bonds is 4. The third-order valence-electron chi connectivity index (χ3n) is 2.88. The number of hydrogen-bond donors (Lipinski definition) is 2. The summed E-state index contributed by atoms with van der Waals surface area (Å²) in [5.74, 6) is -0.424. The molecule has 2 aromatic carbocycles. The lowest BCUT2D eigenvalue weighted by Gasteiger charge is -2.11. The van der Waals surface area contributed by atoms with E-state index in [0.717, 1.165) is 16.8 Å². The van der Waals surface area contributed by atoms with E-state index in [-0.39, 0.29) is 0 Å². The summed E-state index contributed by atoms with van der Waals surface area (Å²) in [7, 11) is 0. The molecule has 0 saturated carbocycles. The van der Waals surface area contributed by atoms with Crippen molar-refractivity contribution in [2.24, 2.45) is 5.73 Å². The average Bonchev–Trinajstić information content (AvgIpc) is 2.38. The Bertz CT molecular complexity index is 611. The van der Waals surface area contributed by atoms with E-state index in [1.165, 1.54) is 0 Å². The molecule has 0 fully saturated rings. The van der Waals surface area contributed by atoms with Gasteiger partial charge in [-0.3, -0.25) is 4.79 Å². The molecule has 0 radical (unpaired) electrons. The van der Waals surface area contributed by atoms with Crippen LogP contribution in [0.4, 0.5) is 5.69 Å². The number of carbonyl (C=O) groups is 1. The summed E-state index contributed by atoms with van der Waals surface area (Å²) in [5, 5.41) is 3.88. The number of nitrogens with one attached hydrogen (secondary N) is 1. The van der Waals surface area contributed by atoms with E-state index in [4.69, 9.17) is 17.3 Å². The van der Waals surface area contributed by atoms with Crippen LogP contribution >= 0.6 is 11.6 Å². The van der Waals surface area contributed by atoms with Gasteiger partial charge in [-0.15, -0.1) is 0 Å². The monoisotopic (exact) mass is 274 g/mol. The topological polar surface area (TPSA) is 55.1 Å². The molecular formula is C15H15ClN2O. The Kier molecular flexibility index (Phi) is 4.07. The zero-order valence-corrected chi connectivity index (χ0v) is 11.4. The highest BCUT2D eigenvalue weighted by molar-refractivity contribution is 6.33. The highest BCUT2D eigenvalue weighted by atomic mass is 35.5. The number of aryl methyl sites for hydroxylation is 1. The van der Waals surface area contributed by atoms with E-state index in [2.05, 4.69) is 5.32 Å². The van der Waals surface area contributed by atoms with Gasteiger partial charge in [0.05, 0.1) is 10.7 Å². The molecule has 0 aliphatic carbocycles. The van der Waals surface area contributed by atoms with Crippen molar-refractivity contribution >= 4 is 23.2 Å². The maximum Gasteiger partial charge on any atom is 0.249 e. The van der Waals surface area contributed by atoms with Crippen LogP contribution in [0.2, 0.25) is 5.02 Å². The number of benzene rings is 2. The molecule has 0 saturated heterocycles. The second-order valence-corrected chi connectivity index (χ2v) is 4.77. The van der Waals surface area contributed by atoms with E-state index in [0.29, 0.717) is 17.1 Å². The van der Waals surface area contributed by atoms with Gasteiger partial charge in [0.1, 0.15) is 0 Å². The van der Waals surface area contributed by atoms with Crippen LogP contribution in [0.1, 0.15) is 21.5 Å². The van der Waals surface area contributed by atoms with Gasteiger partial charge in [-0.1, -0.05) is 35.9 Å².